The van der Waals surface area contributed by atoms with Crippen LogP contribution in [0.1, 0.15) is 48.9 Å². The average Bonchev–Trinajstić information content (AvgIpc) is 2.61. The largest absolute Gasteiger partial charge is 0.497 e. The van der Waals surface area contributed by atoms with Crippen LogP contribution < -0.4 is 14.8 Å². The van der Waals surface area contributed by atoms with E-state index < -0.39 is 0 Å². The van der Waals surface area contributed by atoms with E-state index >= 15 is 0 Å². The third-order valence-corrected chi connectivity index (χ3v) is 4.80. The summed E-state index contributed by atoms with van der Waals surface area (Å²) in [7, 11) is 3.11. The predicted octanol–water partition coefficient (Wildman–Crippen LogP) is 3.94. The summed E-state index contributed by atoms with van der Waals surface area (Å²) in [5.41, 5.74) is 0.455. The van der Waals surface area contributed by atoms with Crippen LogP contribution in [0.25, 0.3) is 0 Å². The van der Waals surface area contributed by atoms with Crippen LogP contribution in [0.3, 0.4) is 0 Å². The van der Waals surface area contributed by atoms with Gasteiger partial charge in [0.05, 0.1) is 30.4 Å². The molecule has 1 fully saturated rings. The molecule has 0 aliphatic heterocycles. The molecule has 0 spiro atoms. The maximum atomic E-state index is 12.4. The van der Waals surface area contributed by atoms with Gasteiger partial charge in [-0.15, -0.1) is 0 Å². The van der Waals surface area contributed by atoms with Crippen molar-refractivity contribution in [3.8, 4) is 11.5 Å². The van der Waals surface area contributed by atoms with Gasteiger partial charge < -0.3 is 19.5 Å². The van der Waals surface area contributed by atoms with Crippen molar-refractivity contribution >= 4 is 21.8 Å². The van der Waals surface area contributed by atoms with Gasteiger partial charge in [0, 0.05) is 13.2 Å². The van der Waals surface area contributed by atoms with Gasteiger partial charge >= 0.3 is 0 Å². The van der Waals surface area contributed by atoms with Crippen LogP contribution in [0.2, 0.25) is 0 Å². The van der Waals surface area contributed by atoms with E-state index in [1.807, 2.05) is 0 Å². The van der Waals surface area contributed by atoms with Crippen molar-refractivity contribution in [2.45, 2.75) is 44.6 Å². The second-order valence-corrected chi connectivity index (χ2v) is 6.78. The molecule has 134 valence electrons. The van der Waals surface area contributed by atoms with Crippen LogP contribution in [0.5, 0.6) is 11.5 Å². The topological polar surface area (TPSA) is 56.8 Å². The first-order valence-corrected chi connectivity index (χ1v) is 9.26. The Balaban J connectivity index is 1.80. The maximum absolute atomic E-state index is 12.4. The molecule has 0 atom stereocenters. The quantitative estimate of drug-likeness (QED) is 0.672. The SMILES string of the molecule is COc1cc(Br)c(OC)c(C(=O)NCCCOC2CCCCC2)c1. The van der Waals surface area contributed by atoms with Gasteiger partial charge in [0.2, 0.25) is 0 Å². The standard InChI is InChI=1S/C18H26BrNO4/c1-22-14-11-15(17(23-2)16(19)12-14)18(21)20-9-6-10-24-13-7-4-3-5-8-13/h11-13H,3-10H2,1-2H3,(H,20,21). The van der Waals surface area contributed by atoms with Gasteiger partial charge in [-0.2, -0.15) is 0 Å². The Labute approximate surface area is 152 Å². The molecule has 5 nitrogen and oxygen atoms in total. The molecule has 1 aromatic rings. The number of methoxy groups -OCH3 is 2. The molecule has 1 aliphatic carbocycles. The fourth-order valence-electron chi connectivity index (χ4n) is 2.91. The molecule has 1 aliphatic rings. The Hall–Kier alpha value is -1.27. The molecule has 0 radical (unpaired) electrons. The normalized spacial score (nSPS) is 15.1. The number of halogens is 1. The second-order valence-electron chi connectivity index (χ2n) is 5.93. The Morgan fingerprint density at radius 1 is 1.21 bits per heavy atom. The number of hydrogen-bond donors (Lipinski definition) is 1. The van der Waals surface area contributed by atoms with Crippen LogP contribution in [-0.4, -0.2) is 39.4 Å². The highest BCUT2D eigenvalue weighted by Gasteiger charge is 2.17. The number of carbonyl (C=O) groups is 1. The van der Waals surface area contributed by atoms with Crippen molar-refractivity contribution in [1.29, 1.82) is 0 Å². The second kappa shape index (κ2) is 9.89. The summed E-state index contributed by atoms with van der Waals surface area (Å²) in [5.74, 6) is 0.935. The van der Waals surface area contributed by atoms with Gasteiger partial charge in [0.25, 0.3) is 5.91 Å². The Morgan fingerprint density at radius 3 is 2.62 bits per heavy atom. The summed E-state index contributed by atoms with van der Waals surface area (Å²) in [5, 5.41) is 2.91. The summed E-state index contributed by atoms with van der Waals surface area (Å²) < 4.78 is 17.1. The zero-order valence-electron chi connectivity index (χ0n) is 14.4. The lowest BCUT2D eigenvalue weighted by molar-refractivity contribution is 0.0273. The molecule has 0 unspecified atom stereocenters. The third kappa shape index (κ3) is 5.38. The van der Waals surface area contributed by atoms with E-state index in [1.54, 1.807) is 26.4 Å². The first-order chi connectivity index (χ1) is 11.7. The van der Waals surface area contributed by atoms with Gasteiger partial charge in [0.15, 0.2) is 0 Å². The van der Waals surface area contributed by atoms with E-state index in [-0.39, 0.29) is 5.91 Å². The van der Waals surface area contributed by atoms with Gasteiger partial charge in [0.1, 0.15) is 11.5 Å². The Kier molecular flexibility index (Phi) is 7.85. The Morgan fingerprint density at radius 2 is 1.96 bits per heavy atom. The molecule has 1 aromatic carbocycles. The van der Waals surface area contributed by atoms with E-state index in [0.29, 0.717) is 40.8 Å². The van der Waals surface area contributed by atoms with E-state index in [9.17, 15) is 4.79 Å². The summed E-state index contributed by atoms with van der Waals surface area (Å²) in [6.45, 7) is 1.26. The number of carbonyl (C=O) groups excluding carboxylic acids is 1. The van der Waals surface area contributed by atoms with Crippen LogP contribution in [0, 0.1) is 0 Å². The van der Waals surface area contributed by atoms with Crippen molar-refractivity contribution in [2.24, 2.45) is 0 Å². The number of hydrogen-bond acceptors (Lipinski definition) is 4. The highest BCUT2D eigenvalue weighted by atomic mass is 79.9. The van der Waals surface area contributed by atoms with E-state index in [0.717, 1.165) is 6.42 Å². The third-order valence-electron chi connectivity index (χ3n) is 4.21. The van der Waals surface area contributed by atoms with Crippen molar-refractivity contribution in [3.05, 3.63) is 22.2 Å². The smallest absolute Gasteiger partial charge is 0.255 e. The molecule has 0 saturated heterocycles. The predicted molar refractivity (Wildman–Crippen MR) is 97.0 cm³/mol. The van der Waals surface area contributed by atoms with Crippen LogP contribution in [0.4, 0.5) is 0 Å². The van der Waals surface area contributed by atoms with E-state index in [1.165, 1.54) is 32.1 Å². The highest BCUT2D eigenvalue weighted by molar-refractivity contribution is 9.10. The van der Waals surface area contributed by atoms with Crippen molar-refractivity contribution in [3.63, 3.8) is 0 Å². The molecule has 0 heterocycles. The molecule has 1 amide bonds. The molecule has 24 heavy (non-hydrogen) atoms. The first-order valence-electron chi connectivity index (χ1n) is 8.47. The maximum Gasteiger partial charge on any atom is 0.255 e. The minimum atomic E-state index is -0.177. The minimum absolute atomic E-state index is 0.177. The monoisotopic (exact) mass is 399 g/mol. The molecule has 0 bridgehead atoms. The summed E-state index contributed by atoms with van der Waals surface area (Å²) >= 11 is 3.40. The lowest BCUT2D eigenvalue weighted by Crippen LogP contribution is -2.26. The Bertz CT molecular complexity index is 544. The summed E-state index contributed by atoms with van der Waals surface area (Å²) in [6.07, 6.45) is 7.41. The van der Waals surface area contributed by atoms with Crippen LogP contribution in [-0.2, 0) is 4.74 Å². The van der Waals surface area contributed by atoms with E-state index in [4.69, 9.17) is 14.2 Å². The zero-order valence-corrected chi connectivity index (χ0v) is 16.0. The molecular formula is C18H26BrNO4. The fraction of sp³-hybridized carbons (Fsp3) is 0.611. The van der Waals surface area contributed by atoms with Crippen LogP contribution in [0.15, 0.2) is 16.6 Å². The highest BCUT2D eigenvalue weighted by Crippen LogP contribution is 2.33. The summed E-state index contributed by atoms with van der Waals surface area (Å²) in [6, 6.07) is 3.45. The number of rotatable bonds is 8. The zero-order chi connectivity index (χ0) is 17.4. The van der Waals surface area contributed by atoms with Crippen molar-refractivity contribution < 1.29 is 19.0 Å². The molecule has 1 saturated carbocycles. The molecule has 1 N–H and O–H groups in total. The molecule has 2 rings (SSSR count). The molecule has 6 heteroatoms. The van der Waals surface area contributed by atoms with Gasteiger partial charge in [-0.25, -0.2) is 0 Å². The molecule has 0 aromatic heterocycles. The average molecular weight is 400 g/mol. The number of benzene rings is 1. The van der Waals surface area contributed by atoms with Crippen molar-refractivity contribution in [1.82, 2.24) is 5.32 Å². The minimum Gasteiger partial charge on any atom is -0.497 e. The fourth-order valence-corrected chi connectivity index (χ4v) is 3.51. The van der Waals surface area contributed by atoms with Crippen molar-refractivity contribution in [2.75, 3.05) is 27.4 Å². The first kappa shape index (κ1) is 19.1. The number of amides is 1. The summed E-state index contributed by atoms with van der Waals surface area (Å²) in [4.78, 5) is 12.4. The number of nitrogens with one attached hydrogen (secondary N) is 1. The van der Waals surface area contributed by atoms with Crippen LogP contribution >= 0.6 is 15.9 Å². The lowest BCUT2D eigenvalue weighted by atomic mass is 9.98. The van der Waals surface area contributed by atoms with Gasteiger partial charge in [-0.05, 0) is 47.3 Å². The molecular weight excluding hydrogens is 374 g/mol. The lowest BCUT2D eigenvalue weighted by Gasteiger charge is -2.22. The van der Waals surface area contributed by atoms with E-state index in [2.05, 4.69) is 21.2 Å². The van der Waals surface area contributed by atoms with Gasteiger partial charge in [-0.1, -0.05) is 19.3 Å². The van der Waals surface area contributed by atoms with Gasteiger partial charge in [-0.3, -0.25) is 4.79 Å². The number of ether oxygens (including phenoxy) is 3.